The van der Waals surface area contributed by atoms with Gasteiger partial charge in [-0.15, -0.1) is 0 Å². The number of aryl methyl sites for hydroxylation is 1. The monoisotopic (exact) mass is 380 g/mol. The Bertz CT molecular complexity index is 921. The van der Waals surface area contributed by atoms with Gasteiger partial charge in [0.1, 0.15) is 5.82 Å². The zero-order valence-corrected chi connectivity index (χ0v) is 16.4. The number of benzene rings is 2. The Morgan fingerprint density at radius 1 is 0.929 bits per heavy atom. The number of aromatic nitrogens is 2. The Balaban J connectivity index is 1.75. The van der Waals surface area contributed by atoms with E-state index >= 15 is 0 Å². The molecule has 0 saturated heterocycles. The van der Waals surface area contributed by atoms with E-state index in [-0.39, 0.29) is 0 Å². The molecule has 0 radical (unpaired) electrons. The van der Waals surface area contributed by atoms with Crippen LogP contribution in [0.4, 0.5) is 17.5 Å². The van der Waals surface area contributed by atoms with Gasteiger partial charge < -0.3 is 24.8 Å². The SMILES string of the molecule is COc1cc(Nc2ccnc(NCc3cccc(C)c3)n2)cc(OC)c1OC. The van der Waals surface area contributed by atoms with Crippen molar-refractivity contribution in [2.45, 2.75) is 13.5 Å². The molecule has 0 aliphatic carbocycles. The predicted octanol–water partition coefficient (Wildman–Crippen LogP) is 4.17. The number of hydrogen-bond acceptors (Lipinski definition) is 7. The number of nitrogens with one attached hydrogen (secondary N) is 2. The van der Waals surface area contributed by atoms with E-state index in [0.29, 0.717) is 35.6 Å². The van der Waals surface area contributed by atoms with E-state index in [4.69, 9.17) is 14.2 Å². The number of nitrogens with zero attached hydrogens (tertiary/aromatic N) is 2. The van der Waals surface area contributed by atoms with Gasteiger partial charge in [-0.2, -0.15) is 4.98 Å². The topological polar surface area (TPSA) is 77.5 Å². The minimum Gasteiger partial charge on any atom is -0.493 e. The average molecular weight is 380 g/mol. The fourth-order valence-corrected chi connectivity index (χ4v) is 2.82. The molecule has 0 bridgehead atoms. The summed E-state index contributed by atoms with van der Waals surface area (Å²) >= 11 is 0. The number of ether oxygens (including phenoxy) is 3. The summed E-state index contributed by atoms with van der Waals surface area (Å²) in [4.78, 5) is 8.79. The second-order valence-electron chi connectivity index (χ2n) is 6.15. The van der Waals surface area contributed by atoms with Gasteiger partial charge in [0.15, 0.2) is 11.5 Å². The zero-order valence-electron chi connectivity index (χ0n) is 16.4. The predicted molar refractivity (Wildman–Crippen MR) is 110 cm³/mol. The molecule has 28 heavy (non-hydrogen) atoms. The number of rotatable bonds is 8. The lowest BCUT2D eigenvalue weighted by Gasteiger charge is -2.15. The molecule has 146 valence electrons. The van der Waals surface area contributed by atoms with Crippen LogP contribution in [0.3, 0.4) is 0 Å². The van der Waals surface area contributed by atoms with Crippen LogP contribution in [0, 0.1) is 6.92 Å². The lowest BCUT2D eigenvalue weighted by atomic mass is 10.1. The molecule has 0 saturated carbocycles. The first-order chi connectivity index (χ1) is 13.6. The molecular weight excluding hydrogens is 356 g/mol. The molecule has 0 aliphatic rings. The molecular formula is C21H24N4O3. The van der Waals surface area contributed by atoms with Gasteiger partial charge >= 0.3 is 0 Å². The Labute approximate surface area is 164 Å². The van der Waals surface area contributed by atoms with Crippen molar-refractivity contribution >= 4 is 17.5 Å². The summed E-state index contributed by atoms with van der Waals surface area (Å²) in [6.45, 7) is 2.72. The summed E-state index contributed by atoms with van der Waals surface area (Å²) < 4.78 is 16.1. The molecule has 3 rings (SSSR count). The average Bonchev–Trinajstić information content (AvgIpc) is 2.72. The van der Waals surface area contributed by atoms with Crippen LogP contribution in [0.15, 0.2) is 48.7 Å². The molecule has 0 spiro atoms. The van der Waals surface area contributed by atoms with E-state index in [1.54, 1.807) is 33.6 Å². The maximum atomic E-state index is 5.39. The third kappa shape index (κ3) is 4.62. The molecule has 1 heterocycles. The highest BCUT2D eigenvalue weighted by molar-refractivity contribution is 5.66. The van der Waals surface area contributed by atoms with Gasteiger partial charge in [0.2, 0.25) is 11.7 Å². The van der Waals surface area contributed by atoms with Gasteiger partial charge in [0.05, 0.1) is 21.3 Å². The van der Waals surface area contributed by atoms with E-state index in [1.807, 2.05) is 18.2 Å². The van der Waals surface area contributed by atoms with E-state index in [0.717, 1.165) is 5.69 Å². The number of anilines is 3. The van der Waals surface area contributed by atoms with Crippen molar-refractivity contribution in [1.82, 2.24) is 9.97 Å². The summed E-state index contributed by atoms with van der Waals surface area (Å²) in [5, 5.41) is 6.49. The minimum absolute atomic E-state index is 0.541. The summed E-state index contributed by atoms with van der Waals surface area (Å²) in [5.41, 5.74) is 3.16. The number of hydrogen-bond donors (Lipinski definition) is 2. The van der Waals surface area contributed by atoms with Crippen molar-refractivity contribution in [3.8, 4) is 17.2 Å². The van der Waals surface area contributed by atoms with Crippen LogP contribution in [0.5, 0.6) is 17.2 Å². The molecule has 0 amide bonds. The van der Waals surface area contributed by atoms with Gasteiger partial charge in [0, 0.05) is 30.6 Å². The van der Waals surface area contributed by atoms with Crippen molar-refractivity contribution in [3.05, 3.63) is 59.8 Å². The van der Waals surface area contributed by atoms with Crippen molar-refractivity contribution in [2.24, 2.45) is 0 Å². The molecule has 3 aromatic rings. The van der Waals surface area contributed by atoms with Crippen LogP contribution in [0.1, 0.15) is 11.1 Å². The smallest absolute Gasteiger partial charge is 0.224 e. The van der Waals surface area contributed by atoms with E-state index in [1.165, 1.54) is 11.1 Å². The van der Waals surface area contributed by atoms with Gasteiger partial charge in [-0.05, 0) is 18.6 Å². The lowest BCUT2D eigenvalue weighted by molar-refractivity contribution is 0.324. The number of methoxy groups -OCH3 is 3. The van der Waals surface area contributed by atoms with Crippen molar-refractivity contribution in [1.29, 1.82) is 0 Å². The highest BCUT2D eigenvalue weighted by Crippen LogP contribution is 2.40. The molecule has 0 aliphatic heterocycles. The second-order valence-corrected chi connectivity index (χ2v) is 6.15. The fourth-order valence-electron chi connectivity index (χ4n) is 2.82. The van der Waals surface area contributed by atoms with Gasteiger partial charge in [-0.1, -0.05) is 29.8 Å². The Hall–Kier alpha value is -3.48. The largest absolute Gasteiger partial charge is 0.493 e. The summed E-state index contributed by atoms with van der Waals surface area (Å²) in [5.74, 6) is 2.86. The first-order valence-corrected chi connectivity index (χ1v) is 8.82. The van der Waals surface area contributed by atoms with Crippen molar-refractivity contribution in [2.75, 3.05) is 32.0 Å². The highest BCUT2D eigenvalue weighted by atomic mass is 16.5. The zero-order chi connectivity index (χ0) is 19.9. The second kappa shape index (κ2) is 8.94. The molecule has 2 N–H and O–H groups in total. The normalized spacial score (nSPS) is 10.3. The van der Waals surface area contributed by atoms with Crippen molar-refractivity contribution in [3.63, 3.8) is 0 Å². The first kappa shape index (κ1) is 19.3. The van der Waals surface area contributed by atoms with E-state index in [9.17, 15) is 0 Å². The quantitative estimate of drug-likeness (QED) is 0.607. The molecule has 0 atom stereocenters. The van der Waals surface area contributed by atoms with Gasteiger partial charge in [0.25, 0.3) is 0 Å². The maximum absolute atomic E-state index is 5.39. The van der Waals surface area contributed by atoms with E-state index < -0.39 is 0 Å². The van der Waals surface area contributed by atoms with Crippen LogP contribution in [-0.4, -0.2) is 31.3 Å². The highest BCUT2D eigenvalue weighted by Gasteiger charge is 2.13. The lowest BCUT2D eigenvalue weighted by Crippen LogP contribution is -2.05. The fraction of sp³-hybridized carbons (Fsp3) is 0.238. The van der Waals surface area contributed by atoms with Crippen LogP contribution < -0.4 is 24.8 Å². The molecule has 7 nitrogen and oxygen atoms in total. The standard InChI is InChI=1S/C21H24N4O3/c1-14-6-5-7-15(10-14)13-23-21-22-9-8-19(25-21)24-16-11-17(26-2)20(28-4)18(12-16)27-3/h5-12H,13H2,1-4H3,(H2,22,23,24,25). The molecule has 1 aromatic heterocycles. The molecule has 7 heteroatoms. The van der Waals surface area contributed by atoms with Crippen LogP contribution in [0.2, 0.25) is 0 Å². The minimum atomic E-state index is 0.541. The Morgan fingerprint density at radius 2 is 1.68 bits per heavy atom. The summed E-state index contributed by atoms with van der Waals surface area (Å²) in [6.07, 6.45) is 1.70. The summed E-state index contributed by atoms with van der Waals surface area (Å²) in [7, 11) is 4.74. The molecule has 0 unspecified atom stereocenters. The third-order valence-electron chi connectivity index (χ3n) is 4.13. The summed E-state index contributed by atoms with van der Waals surface area (Å²) in [6, 6.07) is 13.7. The van der Waals surface area contributed by atoms with Gasteiger partial charge in [-0.3, -0.25) is 0 Å². The molecule has 0 fully saturated rings. The van der Waals surface area contributed by atoms with Gasteiger partial charge in [-0.25, -0.2) is 4.98 Å². The maximum Gasteiger partial charge on any atom is 0.224 e. The first-order valence-electron chi connectivity index (χ1n) is 8.82. The van der Waals surface area contributed by atoms with Crippen LogP contribution in [-0.2, 0) is 6.54 Å². The molecule has 2 aromatic carbocycles. The van der Waals surface area contributed by atoms with E-state index in [2.05, 4.69) is 45.7 Å². The third-order valence-corrected chi connectivity index (χ3v) is 4.13. The Morgan fingerprint density at radius 3 is 2.32 bits per heavy atom. The Kier molecular flexibility index (Phi) is 6.16. The van der Waals surface area contributed by atoms with Crippen LogP contribution in [0.25, 0.3) is 0 Å². The van der Waals surface area contributed by atoms with Crippen molar-refractivity contribution < 1.29 is 14.2 Å². The van der Waals surface area contributed by atoms with Crippen LogP contribution >= 0.6 is 0 Å².